The number of ether oxygens (including phenoxy) is 1. The number of imide groups is 1. The molecule has 1 aliphatic heterocycles. The fourth-order valence-electron chi connectivity index (χ4n) is 1.36. The van der Waals surface area contributed by atoms with E-state index in [1.54, 1.807) is 0 Å². The average molecular weight is 215 g/mol. The van der Waals surface area contributed by atoms with E-state index in [0.29, 0.717) is 19.4 Å². The molecule has 6 heteroatoms. The van der Waals surface area contributed by atoms with E-state index in [4.69, 9.17) is 9.84 Å². The minimum Gasteiger partial charge on any atom is -0.481 e. The van der Waals surface area contributed by atoms with Gasteiger partial charge >= 0.3 is 12.1 Å². The Morgan fingerprint density at radius 2 is 2.27 bits per heavy atom. The predicted molar refractivity (Wildman–Crippen MR) is 49.1 cm³/mol. The van der Waals surface area contributed by atoms with Gasteiger partial charge in [0.1, 0.15) is 6.10 Å². The van der Waals surface area contributed by atoms with E-state index in [1.807, 2.05) is 0 Å². The summed E-state index contributed by atoms with van der Waals surface area (Å²) in [7, 11) is 0. The summed E-state index contributed by atoms with van der Waals surface area (Å²) in [4.78, 5) is 33.8. The highest BCUT2D eigenvalue weighted by molar-refractivity contribution is 5.93. The van der Waals surface area contributed by atoms with Crippen molar-refractivity contribution in [1.82, 2.24) is 4.90 Å². The third kappa shape index (κ3) is 3.23. The number of likely N-dealkylation sites (tertiary alicyclic amines) is 1. The normalized spacial score (nSPS) is 17.7. The Balaban J connectivity index is 2.41. The number of carboxylic acids is 1. The number of nitrogens with zero attached hydrogens (tertiary/aromatic N) is 1. The summed E-state index contributed by atoms with van der Waals surface area (Å²) in [6, 6.07) is 0. The van der Waals surface area contributed by atoms with Crippen molar-refractivity contribution in [2.24, 2.45) is 0 Å². The van der Waals surface area contributed by atoms with Crippen LogP contribution >= 0.6 is 0 Å². The van der Waals surface area contributed by atoms with Gasteiger partial charge in [-0.15, -0.1) is 0 Å². The number of carboxylic acid groups (broad SMARTS) is 1. The van der Waals surface area contributed by atoms with Crippen LogP contribution in [-0.2, 0) is 14.3 Å². The van der Waals surface area contributed by atoms with E-state index in [2.05, 4.69) is 0 Å². The van der Waals surface area contributed by atoms with Gasteiger partial charge in [0.2, 0.25) is 5.91 Å². The van der Waals surface area contributed by atoms with Crippen LogP contribution in [0.1, 0.15) is 26.2 Å². The Kier molecular flexibility index (Phi) is 3.65. The lowest BCUT2D eigenvalue weighted by Crippen LogP contribution is -2.34. The summed E-state index contributed by atoms with van der Waals surface area (Å²) >= 11 is 0. The molecule has 0 radical (unpaired) electrons. The molecule has 0 saturated carbocycles. The molecule has 2 amide bonds. The summed E-state index contributed by atoms with van der Waals surface area (Å²) in [5.41, 5.74) is 0. The first-order chi connectivity index (χ1) is 7.00. The molecule has 0 aromatic heterocycles. The van der Waals surface area contributed by atoms with Crippen molar-refractivity contribution in [2.45, 2.75) is 32.3 Å². The van der Waals surface area contributed by atoms with Gasteiger partial charge in [-0.25, -0.2) is 9.69 Å². The zero-order valence-electron chi connectivity index (χ0n) is 8.43. The summed E-state index contributed by atoms with van der Waals surface area (Å²) in [5.74, 6) is -1.30. The SMILES string of the molecule is CC(CC(=O)O)OC(=O)N1CCCC1=O. The quantitative estimate of drug-likeness (QED) is 0.745. The molecule has 0 aliphatic carbocycles. The Labute approximate surface area is 86.8 Å². The first kappa shape index (κ1) is 11.5. The smallest absolute Gasteiger partial charge is 0.416 e. The van der Waals surface area contributed by atoms with Gasteiger partial charge in [0.25, 0.3) is 0 Å². The highest BCUT2D eigenvalue weighted by Gasteiger charge is 2.28. The van der Waals surface area contributed by atoms with Crippen LogP contribution in [-0.4, -0.2) is 40.6 Å². The van der Waals surface area contributed by atoms with Crippen LogP contribution in [0.5, 0.6) is 0 Å². The van der Waals surface area contributed by atoms with Crippen molar-refractivity contribution in [2.75, 3.05) is 6.54 Å². The first-order valence-corrected chi connectivity index (χ1v) is 4.73. The average Bonchev–Trinajstić information content (AvgIpc) is 2.49. The van der Waals surface area contributed by atoms with Crippen molar-refractivity contribution >= 4 is 18.0 Å². The van der Waals surface area contributed by atoms with Crippen molar-refractivity contribution in [1.29, 1.82) is 0 Å². The van der Waals surface area contributed by atoms with Crippen LogP contribution in [0.2, 0.25) is 0 Å². The number of amides is 2. The second-order valence-corrected chi connectivity index (χ2v) is 3.44. The van der Waals surface area contributed by atoms with Gasteiger partial charge in [0.15, 0.2) is 0 Å². The van der Waals surface area contributed by atoms with E-state index in [1.165, 1.54) is 6.92 Å². The van der Waals surface area contributed by atoms with Crippen molar-refractivity contribution < 1.29 is 24.2 Å². The van der Waals surface area contributed by atoms with Crippen LogP contribution in [0.15, 0.2) is 0 Å². The van der Waals surface area contributed by atoms with Crippen molar-refractivity contribution in [3.8, 4) is 0 Å². The van der Waals surface area contributed by atoms with Crippen molar-refractivity contribution in [3.05, 3.63) is 0 Å². The number of carbonyl (C=O) groups is 3. The molecule has 1 atom stereocenters. The maximum Gasteiger partial charge on any atom is 0.416 e. The molecular formula is C9H13NO5. The van der Waals surface area contributed by atoms with Crippen LogP contribution in [0.25, 0.3) is 0 Å². The van der Waals surface area contributed by atoms with Crippen LogP contribution in [0.4, 0.5) is 4.79 Å². The second-order valence-electron chi connectivity index (χ2n) is 3.44. The molecule has 1 fully saturated rings. The fraction of sp³-hybridized carbons (Fsp3) is 0.667. The minimum atomic E-state index is -1.04. The summed E-state index contributed by atoms with van der Waals surface area (Å²) in [6.45, 7) is 1.84. The third-order valence-electron chi connectivity index (χ3n) is 2.06. The standard InChI is InChI=1S/C9H13NO5/c1-6(5-8(12)13)15-9(14)10-4-2-3-7(10)11/h6H,2-5H2,1H3,(H,12,13). The van der Waals surface area contributed by atoms with Gasteiger partial charge in [0.05, 0.1) is 6.42 Å². The Morgan fingerprint density at radius 1 is 1.60 bits per heavy atom. The zero-order chi connectivity index (χ0) is 11.4. The number of hydrogen-bond acceptors (Lipinski definition) is 4. The summed E-state index contributed by atoms with van der Waals surface area (Å²) < 4.78 is 4.80. The molecule has 1 unspecified atom stereocenters. The molecule has 1 rings (SSSR count). The number of hydrogen-bond donors (Lipinski definition) is 1. The lowest BCUT2D eigenvalue weighted by atomic mass is 10.3. The molecule has 6 nitrogen and oxygen atoms in total. The highest BCUT2D eigenvalue weighted by Crippen LogP contribution is 2.12. The Hall–Kier alpha value is -1.59. The maximum absolute atomic E-state index is 11.3. The molecule has 1 heterocycles. The molecule has 0 aromatic rings. The van der Waals surface area contributed by atoms with Crippen LogP contribution in [0, 0.1) is 0 Å². The molecule has 15 heavy (non-hydrogen) atoms. The van der Waals surface area contributed by atoms with Gasteiger partial charge in [0, 0.05) is 13.0 Å². The molecule has 0 aromatic carbocycles. The lowest BCUT2D eigenvalue weighted by Gasteiger charge is -2.16. The lowest BCUT2D eigenvalue weighted by molar-refractivity contribution is -0.139. The van der Waals surface area contributed by atoms with Gasteiger partial charge in [-0.3, -0.25) is 9.59 Å². The Morgan fingerprint density at radius 3 is 2.73 bits per heavy atom. The van der Waals surface area contributed by atoms with E-state index in [-0.39, 0.29) is 12.3 Å². The van der Waals surface area contributed by atoms with Gasteiger partial charge in [-0.05, 0) is 13.3 Å². The topological polar surface area (TPSA) is 83.9 Å². The van der Waals surface area contributed by atoms with E-state index < -0.39 is 18.2 Å². The van der Waals surface area contributed by atoms with Crippen molar-refractivity contribution in [3.63, 3.8) is 0 Å². The zero-order valence-corrected chi connectivity index (χ0v) is 8.43. The van der Waals surface area contributed by atoms with Gasteiger partial charge in [-0.2, -0.15) is 0 Å². The summed E-state index contributed by atoms with van der Waals surface area (Å²) in [6.07, 6.45) is -0.730. The molecule has 1 aliphatic rings. The highest BCUT2D eigenvalue weighted by atomic mass is 16.6. The molecule has 84 valence electrons. The Bertz CT molecular complexity index is 288. The molecule has 0 bridgehead atoms. The number of carbonyl (C=O) groups excluding carboxylic acids is 2. The molecule has 1 saturated heterocycles. The number of aliphatic carboxylic acids is 1. The van der Waals surface area contributed by atoms with Crippen LogP contribution < -0.4 is 0 Å². The van der Waals surface area contributed by atoms with Gasteiger partial charge < -0.3 is 9.84 Å². The predicted octanol–water partition coefficient (Wildman–Crippen LogP) is 0.609. The van der Waals surface area contributed by atoms with Gasteiger partial charge in [-0.1, -0.05) is 0 Å². The minimum absolute atomic E-state index is 0.256. The fourth-order valence-corrected chi connectivity index (χ4v) is 1.36. The molecule has 1 N–H and O–H groups in total. The number of rotatable bonds is 3. The first-order valence-electron chi connectivity index (χ1n) is 4.73. The third-order valence-corrected chi connectivity index (χ3v) is 2.06. The molecular weight excluding hydrogens is 202 g/mol. The largest absolute Gasteiger partial charge is 0.481 e. The van der Waals surface area contributed by atoms with E-state index >= 15 is 0 Å². The van der Waals surface area contributed by atoms with Crippen LogP contribution in [0.3, 0.4) is 0 Å². The second kappa shape index (κ2) is 4.77. The monoisotopic (exact) mass is 215 g/mol. The summed E-state index contributed by atoms with van der Waals surface area (Å²) in [5, 5.41) is 8.44. The van der Waals surface area contributed by atoms with E-state index in [9.17, 15) is 14.4 Å². The maximum atomic E-state index is 11.3. The van der Waals surface area contributed by atoms with E-state index in [0.717, 1.165) is 4.90 Å². The molecule has 0 spiro atoms.